The molecule has 1 aromatic heterocycles. The Hall–Kier alpha value is -1.56. The third-order valence-corrected chi connectivity index (χ3v) is 6.48. The average Bonchev–Trinajstić information content (AvgIpc) is 3.36. The average molecular weight is 361 g/mol. The summed E-state index contributed by atoms with van der Waals surface area (Å²) in [5, 5.41) is 11.3. The fourth-order valence-electron chi connectivity index (χ4n) is 5.20. The molecule has 0 radical (unpaired) electrons. The van der Waals surface area contributed by atoms with Crippen LogP contribution in [0.15, 0.2) is 15.6 Å². The van der Waals surface area contributed by atoms with Crippen LogP contribution in [-0.4, -0.2) is 36.4 Å². The van der Waals surface area contributed by atoms with Crippen molar-refractivity contribution in [3.05, 3.63) is 17.5 Å². The van der Waals surface area contributed by atoms with E-state index in [0.29, 0.717) is 35.9 Å². The molecule has 0 bridgehead atoms. The van der Waals surface area contributed by atoms with Crippen molar-refractivity contribution in [3.8, 4) is 0 Å². The van der Waals surface area contributed by atoms with Gasteiger partial charge in [0.05, 0.1) is 11.8 Å². The van der Waals surface area contributed by atoms with Gasteiger partial charge in [-0.05, 0) is 32.1 Å². The highest BCUT2D eigenvalue weighted by molar-refractivity contribution is 5.80. The predicted molar refractivity (Wildman–Crippen MR) is 101 cm³/mol. The van der Waals surface area contributed by atoms with Crippen molar-refractivity contribution in [3.63, 3.8) is 0 Å². The summed E-state index contributed by atoms with van der Waals surface area (Å²) in [6.07, 6.45) is 6.86. The zero-order valence-corrected chi connectivity index (χ0v) is 16.3. The van der Waals surface area contributed by atoms with E-state index in [9.17, 15) is 0 Å². The number of guanidine groups is 1. The molecule has 1 spiro atoms. The largest absolute Gasteiger partial charge is 0.377 e. The lowest BCUT2D eigenvalue weighted by molar-refractivity contribution is -0.125. The highest BCUT2D eigenvalue weighted by atomic mass is 16.5. The van der Waals surface area contributed by atoms with E-state index in [4.69, 9.17) is 14.3 Å². The van der Waals surface area contributed by atoms with Crippen molar-refractivity contribution in [2.75, 3.05) is 13.2 Å². The second kappa shape index (κ2) is 7.22. The molecular formula is C20H32N4O2. The van der Waals surface area contributed by atoms with Gasteiger partial charge < -0.3 is 19.9 Å². The van der Waals surface area contributed by atoms with Crippen LogP contribution in [0.4, 0.5) is 0 Å². The van der Waals surface area contributed by atoms with Gasteiger partial charge in [0.2, 0.25) is 0 Å². The minimum atomic E-state index is 0.328. The third-order valence-electron chi connectivity index (χ3n) is 6.48. The van der Waals surface area contributed by atoms with Crippen molar-refractivity contribution in [1.82, 2.24) is 15.8 Å². The first-order chi connectivity index (χ1) is 12.6. The van der Waals surface area contributed by atoms with Gasteiger partial charge in [0, 0.05) is 36.6 Å². The number of aliphatic imine (C=N–C) groups is 1. The Balaban J connectivity index is 1.46. The van der Waals surface area contributed by atoms with Crippen LogP contribution in [0.5, 0.6) is 0 Å². The molecule has 6 heteroatoms. The summed E-state index contributed by atoms with van der Waals surface area (Å²) in [6.45, 7) is 8.63. The summed E-state index contributed by atoms with van der Waals surface area (Å²) in [5.41, 5.74) is 1.32. The van der Waals surface area contributed by atoms with Gasteiger partial charge in [-0.3, -0.25) is 0 Å². The molecule has 3 fully saturated rings. The molecule has 1 aromatic rings. The van der Waals surface area contributed by atoms with E-state index < -0.39 is 0 Å². The second-order valence-corrected chi connectivity index (χ2v) is 8.37. The number of hydrogen-bond donors (Lipinski definition) is 2. The molecule has 3 atom stereocenters. The molecule has 3 aliphatic rings. The Morgan fingerprint density at radius 1 is 1.38 bits per heavy atom. The molecule has 2 aliphatic carbocycles. The summed E-state index contributed by atoms with van der Waals surface area (Å²) in [4.78, 5) is 4.77. The number of ether oxygens (including phenoxy) is 1. The van der Waals surface area contributed by atoms with E-state index in [2.05, 4.69) is 36.6 Å². The molecule has 2 N–H and O–H groups in total. The van der Waals surface area contributed by atoms with Crippen molar-refractivity contribution in [2.45, 2.75) is 77.5 Å². The SMILES string of the molecule is CCNC(=NCc1cc(C(C)C)no1)NC1C2CCOC2C12CCCC2. The van der Waals surface area contributed by atoms with Gasteiger partial charge in [0.1, 0.15) is 6.54 Å². The van der Waals surface area contributed by atoms with E-state index in [1.807, 2.05) is 6.07 Å². The van der Waals surface area contributed by atoms with E-state index in [-0.39, 0.29) is 0 Å². The van der Waals surface area contributed by atoms with Crippen LogP contribution in [0.25, 0.3) is 0 Å². The predicted octanol–water partition coefficient (Wildman–Crippen LogP) is 3.20. The fraction of sp³-hybridized carbons (Fsp3) is 0.800. The van der Waals surface area contributed by atoms with Crippen molar-refractivity contribution in [2.24, 2.45) is 16.3 Å². The van der Waals surface area contributed by atoms with Gasteiger partial charge in [0.25, 0.3) is 0 Å². The first-order valence-corrected chi connectivity index (χ1v) is 10.3. The Bertz CT molecular complexity index is 648. The maximum Gasteiger partial charge on any atom is 0.191 e. The molecule has 2 saturated carbocycles. The number of nitrogens with zero attached hydrogens (tertiary/aromatic N) is 2. The molecule has 1 aliphatic heterocycles. The van der Waals surface area contributed by atoms with Crippen molar-refractivity contribution < 1.29 is 9.26 Å². The minimum absolute atomic E-state index is 0.328. The number of rotatable bonds is 5. The lowest BCUT2D eigenvalue weighted by Crippen LogP contribution is -2.69. The Morgan fingerprint density at radius 3 is 2.88 bits per heavy atom. The molecule has 144 valence electrons. The molecule has 6 nitrogen and oxygen atoms in total. The van der Waals surface area contributed by atoms with Crippen LogP contribution in [0.3, 0.4) is 0 Å². The van der Waals surface area contributed by atoms with Crippen molar-refractivity contribution in [1.29, 1.82) is 0 Å². The van der Waals surface area contributed by atoms with Gasteiger partial charge in [-0.1, -0.05) is 31.8 Å². The maximum atomic E-state index is 6.09. The standard InChI is InChI=1S/C20H32N4O2/c1-4-21-19(22-12-14-11-16(13(2)3)24-26-14)23-17-15-7-10-25-18(15)20(17)8-5-6-9-20/h11,13,15,17-18H,4-10,12H2,1-3H3,(H2,21,22,23). The zero-order valence-electron chi connectivity index (χ0n) is 16.3. The highest BCUT2D eigenvalue weighted by Crippen LogP contribution is 2.60. The highest BCUT2D eigenvalue weighted by Gasteiger charge is 2.65. The lowest BCUT2D eigenvalue weighted by atomic mass is 9.54. The smallest absolute Gasteiger partial charge is 0.191 e. The molecule has 3 unspecified atom stereocenters. The van der Waals surface area contributed by atoms with Crippen LogP contribution in [0.1, 0.15) is 70.2 Å². The molecular weight excluding hydrogens is 328 g/mol. The fourth-order valence-corrected chi connectivity index (χ4v) is 5.20. The van der Waals surface area contributed by atoms with Crippen LogP contribution in [-0.2, 0) is 11.3 Å². The molecule has 2 heterocycles. The van der Waals surface area contributed by atoms with Gasteiger partial charge in [-0.15, -0.1) is 0 Å². The van der Waals surface area contributed by atoms with E-state index >= 15 is 0 Å². The summed E-state index contributed by atoms with van der Waals surface area (Å²) in [5.74, 6) is 2.71. The van der Waals surface area contributed by atoms with Gasteiger partial charge in [-0.25, -0.2) is 4.99 Å². The molecule has 1 saturated heterocycles. The van der Waals surface area contributed by atoms with E-state index in [0.717, 1.165) is 30.6 Å². The van der Waals surface area contributed by atoms with Crippen molar-refractivity contribution >= 4 is 5.96 Å². The van der Waals surface area contributed by atoms with E-state index in [1.54, 1.807) is 0 Å². The van der Waals surface area contributed by atoms with Gasteiger partial charge >= 0.3 is 0 Å². The Kier molecular flexibility index (Phi) is 4.95. The first-order valence-electron chi connectivity index (χ1n) is 10.3. The second-order valence-electron chi connectivity index (χ2n) is 8.37. The molecule has 0 amide bonds. The molecule has 4 rings (SSSR count). The van der Waals surface area contributed by atoms with Gasteiger partial charge in [0.15, 0.2) is 11.7 Å². The molecule has 0 aromatic carbocycles. The summed E-state index contributed by atoms with van der Waals surface area (Å²) in [6, 6.07) is 2.50. The number of hydrogen-bond acceptors (Lipinski definition) is 4. The first kappa shape index (κ1) is 17.8. The maximum absolute atomic E-state index is 6.09. The Labute approximate surface area is 156 Å². The van der Waals surface area contributed by atoms with Crippen LogP contribution in [0.2, 0.25) is 0 Å². The van der Waals surface area contributed by atoms with Crippen LogP contribution in [0, 0.1) is 11.3 Å². The third kappa shape index (κ3) is 3.02. The summed E-state index contributed by atoms with van der Waals surface area (Å²) >= 11 is 0. The minimum Gasteiger partial charge on any atom is -0.377 e. The lowest BCUT2D eigenvalue weighted by Gasteiger charge is -2.57. The number of fused-ring (bicyclic) bond motifs is 2. The normalized spacial score (nSPS) is 29.8. The number of aromatic nitrogens is 1. The van der Waals surface area contributed by atoms with Crippen LogP contribution < -0.4 is 10.6 Å². The zero-order chi connectivity index (χ0) is 18.1. The topological polar surface area (TPSA) is 71.7 Å². The van der Waals surface area contributed by atoms with Crippen LogP contribution >= 0.6 is 0 Å². The summed E-state index contributed by atoms with van der Waals surface area (Å²) in [7, 11) is 0. The Morgan fingerprint density at radius 2 is 2.19 bits per heavy atom. The molecule has 26 heavy (non-hydrogen) atoms. The quantitative estimate of drug-likeness (QED) is 0.623. The van der Waals surface area contributed by atoms with Gasteiger partial charge in [-0.2, -0.15) is 0 Å². The van der Waals surface area contributed by atoms with E-state index in [1.165, 1.54) is 32.1 Å². The number of nitrogens with one attached hydrogen (secondary N) is 2. The summed E-state index contributed by atoms with van der Waals surface area (Å²) < 4.78 is 11.5. The monoisotopic (exact) mass is 360 g/mol.